The molecular weight excluding hydrogens is 235 g/mol. The van der Waals surface area contributed by atoms with Gasteiger partial charge in [-0.15, -0.1) is 0 Å². The van der Waals surface area contributed by atoms with Crippen LogP contribution in [-0.4, -0.2) is 18.3 Å². The van der Waals surface area contributed by atoms with Crippen molar-refractivity contribution in [2.24, 2.45) is 0 Å². The van der Waals surface area contributed by atoms with Crippen LogP contribution in [0.2, 0.25) is 0 Å². The minimum Gasteiger partial charge on any atom is -0.398 e. The Morgan fingerprint density at radius 1 is 1.41 bits per heavy atom. The van der Waals surface area contributed by atoms with Crippen LogP contribution in [0.3, 0.4) is 0 Å². The van der Waals surface area contributed by atoms with Gasteiger partial charge in [-0.25, -0.2) is 0 Å². The fourth-order valence-corrected chi connectivity index (χ4v) is 1.36. The zero-order valence-electron chi connectivity index (χ0n) is 9.29. The van der Waals surface area contributed by atoms with Crippen molar-refractivity contribution in [1.82, 2.24) is 0 Å². The van der Waals surface area contributed by atoms with Gasteiger partial charge in [-0.3, -0.25) is 0 Å². The van der Waals surface area contributed by atoms with E-state index in [1.54, 1.807) is 6.92 Å². The Morgan fingerprint density at radius 3 is 2.59 bits per heavy atom. The lowest BCUT2D eigenvalue weighted by molar-refractivity contribution is -0.137. The molecule has 1 aromatic rings. The molecule has 96 valence electrons. The Kier molecular flexibility index (Phi) is 4.36. The van der Waals surface area contributed by atoms with E-state index in [0.29, 0.717) is 6.61 Å². The van der Waals surface area contributed by atoms with Crippen LogP contribution in [0.1, 0.15) is 24.2 Å². The van der Waals surface area contributed by atoms with Crippen LogP contribution in [0.5, 0.6) is 0 Å². The maximum atomic E-state index is 12.5. The number of benzene rings is 1. The number of alkyl halides is 3. The quantitative estimate of drug-likeness (QED) is 0.805. The number of hydrogen-bond donors (Lipinski definition) is 2. The van der Waals surface area contributed by atoms with Crippen molar-refractivity contribution in [2.75, 3.05) is 18.9 Å². The molecule has 0 spiro atoms. The van der Waals surface area contributed by atoms with Gasteiger partial charge in [0.2, 0.25) is 0 Å². The van der Waals surface area contributed by atoms with Crippen LogP contribution in [-0.2, 0) is 10.9 Å². The summed E-state index contributed by atoms with van der Waals surface area (Å²) in [4.78, 5) is 0. The molecule has 0 aliphatic rings. The fourth-order valence-electron chi connectivity index (χ4n) is 1.36. The van der Waals surface area contributed by atoms with E-state index in [2.05, 4.69) is 0 Å². The van der Waals surface area contributed by atoms with Crippen molar-refractivity contribution in [1.29, 1.82) is 0 Å². The van der Waals surface area contributed by atoms with E-state index in [1.807, 2.05) is 0 Å². The van der Waals surface area contributed by atoms with E-state index in [9.17, 15) is 18.3 Å². The average Bonchev–Trinajstić information content (AvgIpc) is 2.24. The first-order chi connectivity index (χ1) is 7.86. The summed E-state index contributed by atoms with van der Waals surface area (Å²) in [5, 5.41) is 9.65. The van der Waals surface area contributed by atoms with Gasteiger partial charge in [-0.2, -0.15) is 13.2 Å². The average molecular weight is 249 g/mol. The van der Waals surface area contributed by atoms with Gasteiger partial charge in [-0.05, 0) is 25.1 Å². The van der Waals surface area contributed by atoms with Crippen LogP contribution in [0.4, 0.5) is 18.9 Å². The van der Waals surface area contributed by atoms with Crippen molar-refractivity contribution in [3.05, 3.63) is 29.3 Å². The second-order valence-electron chi connectivity index (χ2n) is 3.52. The molecule has 0 radical (unpaired) electrons. The van der Waals surface area contributed by atoms with E-state index in [1.165, 1.54) is 0 Å². The van der Waals surface area contributed by atoms with Crippen LogP contribution >= 0.6 is 0 Å². The molecule has 0 saturated carbocycles. The number of aliphatic hydroxyl groups excluding tert-OH is 1. The van der Waals surface area contributed by atoms with Gasteiger partial charge in [0.25, 0.3) is 0 Å². The number of halogens is 3. The second kappa shape index (κ2) is 5.37. The van der Waals surface area contributed by atoms with Gasteiger partial charge in [0.15, 0.2) is 0 Å². The van der Waals surface area contributed by atoms with Gasteiger partial charge >= 0.3 is 6.18 Å². The monoisotopic (exact) mass is 249 g/mol. The van der Waals surface area contributed by atoms with E-state index < -0.39 is 17.8 Å². The maximum Gasteiger partial charge on any atom is 0.416 e. The van der Waals surface area contributed by atoms with Crippen molar-refractivity contribution >= 4 is 5.69 Å². The predicted octanol–water partition coefficient (Wildman–Crippen LogP) is 2.36. The molecule has 3 nitrogen and oxygen atoms in total. The number of anilines is 1. The summed E-state index contributed by atoms with van der Waals surface area (Å²) in [5.41, 5.74) is 4.84. The third-order valence-electron chi connectivity index (χ3n) is 2.25. The highest BCUT2D eigenvalue weighted by atomic mass is 19.4. The largest absolute Gasteiger partial charge is 0.416 e. The zero-order chi connectivity index (χ0) is 13.1. The Labute approximate surface area is 97.0 Å². The predicted molar refractivity (Wildman–Crippen MR) is 57.3 cm³/mol. The molecule has 1 atom stereocenters. The van der Waals surface area contributed by atoms with Gasteiger partial charge < -0.3 is 15.6 Å². The smallest absolute Gasteiger partial charge is 0.398 e. The van der Waals surface area contributed by atoms with Gasteiger partial charge in [0, 0.05) is 17.9 Å². The summed E-state index contributed by atoms with van der Waals surface area (Å²) >= 11 is 0. The SMILES string of the molecule is CCOCC(O)c1cc(C(F)(F)F)ccc1N. The molecule has 3 N–H and O–H groups in total. The fraction of sp³-hybridized carbons (Fsp3) is 0.455. The van der Waals surface area contributed by atoms with Crippen molar-refractivity contribution in [3.8, 4) is 0 Å². The first-order valence-electron chi connectivity index (χ1n) is 5.08. The molecule has 0 bridgehead atoms. The summed E-state index contributed by atoms with van der Waals surface area (Å²) in [6.07, 6.45) is -5.61. The molecule has 0 heterocycles. The summed E-state index contributed by atoms with van der Waals surface area (Å²) in [6, 6.07) is 2.86. The number of rotatable bonds is 4. The summed E-state index contributed by atoms with van der Waals surface area (Å²) in [6.45, 7) is 2.01. The number of nitrogen functional groups attached to an aromatic ring is 1. The number of nitrogens with two attached hydrogens (primary N) is 1. The Hall–Kier alpha value is -1.27. The van der Waals surface area contributed by atoms with Gasteiger partial charge in [0.1, 0.15) is 6.10 Å². The van der Waals surface area contributed by atoms with E-state index in [4.69, 9.17) is 10.5 Å². The Balaban J connectivity index is 2.98. The van der Waals surface area contributed by atoms with E-state index in [0.717, 1.165) is 18.2 Å². The Bertz CT molecular complexity index is 379. The molecule has 17 heavy (non-hydrogen) atoms. The third kappa shape index (κ3) is 3.61. The van der Waals surface area contributed by atoms with Crippen molar-refractivity contribution < 1.29 is 23.0 Å². The first-order valence-corrected chi connectivity index (χ1v) is 5.08. The van der Waals surface area contributed by atoms with Crippen molar-refractivity contribution in [3.63, 3.8) is 0 Å². The molecule has 6 heteroatoms. The lowest BCUT2D eigenvalue weighted by Gasteiger charge is -2.15. The van der Waals surface area contributed by atoms with Gasteiger partial charge in [0.05, 0.1) is 12.2 Å². The minimum atomic E-state index is -4.45. The lowest BCUT2D eigenvalue weighted by Crippen LogP contribution is -2.12. The van der Waals surface area contributed by atoms with Crippen LogP contribution < -0.4 is 5.73 Å². The summed E-state index contributed by atoms with van der Waals surface area (Å²) in [7, 11) is 0. The lowest BCUT2D eigenvalue weighted by atomic mass is 10.0. The molecule has 0 fully saturated rings. The molecule has 1 unspecified atom stereocenters. The highest BCUT2D eigenvalue weighted by Gasteiger charge is 2.31. The first kappa shape index (κ1) is 13.8. The molecule has 1 rings (SSSR count). The normalized spacial score (nSPS) is 13.7. The molecule has 0 amide bonds. The minimum absolute atomic E-state index is 0.0354. The number of aliphatic hydroxyl groups is 1. The highest BCUT2D eigenvalue weighted by Crippen LogP contribution is 2.33. The topological polar surface area (TPSA) is 55.5 Å². The van der Waals surface area contributed by atoms with Gasteiger partial charge in [-0.1, -0.05) is 0 Å². The van der Waals surface area contributed by atoms with E-state index in [-0.39, 0.29) is 17.9 Å². The maximum absolute atomic E-state index is 12.5. The third-order valence-corrected chi connectivity index (χ3v) is 2.25. The van der Waals surface area contributed by atoms with Crippen LogP contribution in [0.25, 0.3) is 0 Å². The molecular formula is C11H14F3NO2. The standard InChI is InChI=1S/C11H14F3NO2/c1-2-17-6-10(16)8-5-7(11(12,13)14)3-4-9(8)15/h3-5,10,16H,2,6,15H2,1H3. The zero-order valence-corrected chi connectivity index (χ0v) is 9.29. The summed E-state index contributed by atoms with van der Waals surface area (Å²) < 4.78 is 42.3. The number of hydrogen-bond acceptors (Lipinski definition) is 3. The molecule has 0 aliphatic carbocycles. The number of ether oxygens (including phenoxy) is 1. The molecule has 0 saturated heterocycles. The second-order valence-corrected chi connectivity index (χ2v) is 3.52. The summed E-state index contributed by atoms with van der Waals surface area (Å²) in [5.74, 6) is 0. The van der Waals surface area contributed by atoms with Crippen LogP contribution in [0.15, 0.2) is 18.2 Å². The Morgan fingerprint density at radius 2 is 2.06 bits per heavy atom. The highest BCUT2D eigenvalue weighted by molar-refractivity contribution is 5.50. The molecule has 1 aromatic carbocycles. The van der Waals surface area contributed by atoms with Crippen LogP contribution in [0, 0.1) is 0 Å². The van der Waals surface area contributed by atoms with Crippen molar-refractivity contribution in [2.45, 2.75) is 19.2 Å². The molecule has 0 aromatic heterocycles. The van der Waals surface area contributed by atoms with E-state index >= 15 is 0 Å². The molecule has 0 aliphatic heterocycles.